The third kappa shape index (κ3) is 7.14. The van der Waals surface area contributed by atoms with Crippen molar-refractivity contribution in [1.82, 2.24) is 0 Å². The Hall–Kier alpha value is -1.84. The van der Waals surface area contributed by atoms with Crippen LogP contribution in [-0.2, 0) is 27.2 Å². The molecule has 0 spiro atoms. The van der Waals surface area contributed by atoms with Gasteiger partial charge in [-0.05, 0) is 108 Å². The highest BCUT2D eigenvalue weighted by Gasteiger charge is 2.44. The minimum Gasteiger partial charge on any atom is -0.481 e. The molecule has 1 saturated carbocycles. The molecule has 1 fully saturated rings. The predicted molar refractivity (Wildman–Crippen MR) is 121 cm³/mol. The van der Waals surface area contributed by atoms with E-state index in [0.717, 1.165) is 77.0 Å². The summed E-state index contributed by atoms with van der Waals surface area (Å²) in [6, 6.07) is 4.53. The first kappa shape index (κ1) is 24.4. The Morgan fingerprint density at radius 1 is 1.07 bits per heavy atom. The number of carbonyl (C=O) groups excluding carboxylic acids is 1. The fraction of sp³-hybridized carbons (Fsp3) is 0.692. The van der Waals surface area contributed by atoms with Gasteiger partial charge in [-0.25, -0.2) is 0 Å². The van der Waals surface area contributed by atoms with Gasteiger partial charge in [0.05, 0.1) is 5.41 Å². The molecule has 0 amide bonds. The van der Waals surface area contributed by atoms with E-state index in [9.17, 15) is 14.7 Å². The van der Waals surface area contributed by atoms with Crippen molar-refractivity contribution in [3.8, 4) is 0 Å². The van der Waals surface area contributed by atoms with E-state index in [1.807, 2.05) is 13.8 Å². The lowest BCUT2D eigenvalue weighted by atomic mass is 9.87. The summed E-state index contributed by atoms with van der Waals surface area (Å²) in [6.07, 6.45) is 12.6. The molecule has 1 N–H and O–H groups in total. The quantitative estimate of drug-likeness (QED) is 0.268. The molecule has 168 valence electrons. The van der Waals surface area contributed by atoms with Crippen LogP contribution in [0.25, 0.3) is 0 Å². The van der Waals surface area contributed by atoms with Gasteiger partial charge in [0.2, 0.25) is 0 Å². The van der Waals surface area contributed by atoms with Crippen LogP contribution in [0.15, 0.2) is 12.1 Å². The number of hydrogen-bond donors (Lipinski definition) is 1. The fourth-order valence-electron chi connectivity index (χ4n) is 4.36. The number of hydrogen-bond acceptors (Lipinski definition) is 3. The van der Waals surface area contributed by atoms with Crippen molar-refractivity contribution >= 4 is 12.4 Å². The maximum absolute atomic E-state index is 11.2. The second-order valence-electron chi connectivity index (χ2n) is 9.85. The van der Waals surface area contributed by atoms with Crippen LogP contribution < -0.4 is 0 Å². The van der Waals surface area contributed by atoms with Crippen LogP contribution in [0.4, 0.5) is 0 Å². The molecule has 4 heteroatoms. The van der Waals surface area contributed by atoms with E-state index in [-0.39, 0.29) is 5.60 Å². The molecule has 1 aliphatic rings. The standard InChI is InChI=1S/C26H40O4/c1-20-13-14-22(11-7-5-6-9-15-25(3,4)24(28)29)21(2)23(20)12-8-10-16-26(17-18-26)30-19-27/h13-14,19H,5-12,15-18H2,1-4H3,(H,28,29). The van der Waals surface area contributed by atoms with Crippen molar-refractivity contribution in [3.05, 3.63) is 34.4 Å². The van der Waals surface area contributed by atoms with Crippen molar-refractivity contribution in [2.24, 2.45) is 5.41 Å². The zero-order chi connectivity index (χ0) is 22.2. The highest BCUT2D eigenvalue weighted by atomic mass is 16.5. The molecule has 1 aromatic carbocycles. The van der Waals surface area contributed by atoms with Crippen LogP contribution in [0.1, 0.15) is 100 Å². The number of aliphatic carboxylic acids is 1. The van der Waals surface area contributed by atoms with Crippen LogP contribution in [0, 0.1) is 19.3 Å². The molecule has 0 aliphatic heterocycles. The third-order valence-electron chi connectivity index (χ3n) is 6.94. The lowest BCUT2D eigenvalue weighted by Crippen LogP contribution is -2.23. The average Bonchev–Trinajstić information content (AvgIpc) is 3.45. The Balaban J connectivity index is 1.74. The monoisotopic (exact) mass is 416 g/mol. The SMILES string of the molecule is Cc1ccc(CCCCCCC(C)(C)C(=O)O)c(C)c1CCCCC1(OC=O)CC1. The Labute approximate surface area is 182 Å². The van der Waals surface area contributed by atoms with E-state index in [2.05, 4.69) is 26.0 Å². The summed E-state index contributed by atoms with van der Waals surface area (Å²) in [7, 11) is 0. The van der Waals surface area contributed by atoms with Gasteiger partial charge < -0.3 is 9.84 Å². The second-order valence-corrected chi connectivity index (χ2v) is 9.85. The largest absolute Gasteiger partial charge is 0.481 e. The number of unbranched alkanes of at least 4 members (excludes halogenated alkanes) is 4. The van der Waals surface area contributed by atoms with Gasteiger partial charge in [-0.2, -0.15) is 0 Å². The number of rotatable bonds is 15. The highest BCUT2D eigenvalue weighted by Crippen LogP contribution is 2.43. The smallest absolute Gasteiger partial charge is 0.309 e. The number of carboxylic acids is 1. The van der Waals surface area contributed by atoms with E-state index >= 15 is 0 Å². The number of carboxylic acid groups (broad SMARTS) is 1. The van der Waals surface area contributed by atoms with Crippen molar-refractivity contribution < 1.29 is 19.4 Å². The first-order chi connectivity index (χ1) is 14.2. The Morgan fingerprint density at radius 2 is 1.73 bits per heavy atom. The van der Waals surface area contributed by atoms with Gasteiger partial charge in [-0.1, -0.05) is 31.4 Å². The number of benzene rings is 1. The minimum atomic E-state index is -0.700. The second kappa shape index (κ2) is 11.0. The molecule has 0 atom stereocenters. The first-order valence-corrected chi connectivity index (χ1v) is 11.6. The molecule has 4 nitrogen and oxygen atoms in total. The molecule has 1 aliphatic carbocycles. The van der Waals surface area contributed by atoms with Crippen molar-refractivity contribution in [2.75, 3.05) is 0 Å². The van der Waals surface area contributed by atoms with Crippen molar-refractivity contribution in [3.63, 3.8) is 0 Å². The van der Waals surface area contributed by atoms with E-state index in [0.29, 0.717) is 6.47 Å². The summed E-state index contributed by atoms with van der Waals surface area (Å²) in [4.78, 5) is 21.8. The van der Waals surface area contributed by atoms with E-state index in [1.165, 1.54) is 22.3 Å². The maximum atomic E-state index is 11.2. The molecule has 0 unspecified atom stereocenters. The molecule has 0 heterocycles. The van der Waals surface area contributed by atoms with Gasteiger partial charge in [0, 0.05) is 0 Å². The lowest BCUT2D eigenvalue weighted by molar-refractivity contribution is -0.147. The van der Waals surface area contributed by atoms with E-state index in [1.54, 1.807) is 0 Å². The van der Waals surface area contributed by atoms with Crippen LogP contribution >= 0.6 is 0 Å². The fourth-order valence-corrected chi connectivity index (χ4v) is 4.36. The molecule has 0 radical (unpaired) electrons. The van der Waals surface area contributed by atoms with Crippen LogP contribution in [0.5, 0.6) is 0 Å². The van der Waals surface area contributed by atoms with Gasteiger partial charge >= 0.3 is 5.97 Å². The Bertz CT molecular complexity index is 716. The average molecular weight is 417 g/mol. The molecule has 2 rings (SSSR count). The molecular formula is C26H40O4. The number of aryl methyl sites for hydroxylation is 2. The normalized spacial score (nSPS) is 15.1. The van der Waals surface area contributed by atoms with Crippen LogP contribution in [-0.4, -0.2) is 23.1 Å². The maximum Gasteiger partial charge on any atom is 0.309 e. The van der Waals surface area contributed by atoms with Gasteiger partial charge in [0.25, 0.3) is 6.47 Å². The molecule has 0 aromatic heterocycles. The van der Waals surface area contributed by atoms with Gasteiger partial charge in [0.1, 0.15) is 5.60 Å². The predicted octanol–water partition coefficient (Wildman–Crippen LogP) is 6.33. The van der Waals surface area contributed by atoms with Crippen molar-refractivity contribution in [2.45, 2.75) is 110 Å². The molecular weight excluding hydrogens is 376 g/mol. The lowest BCUT2D eigenvalue weighted by Gasteiger charge is -2.18. The number of ether oxygens (including phenoxy) is 1. The van der Waals surface area contributed by atoms with Gasteiger partial charge in [0.15, 0.2) is 0 Å². The summed E-state index contributed by atoms with van der Waals surface area (Å²) in [6.45, 7) is 8.69. The summed E-state index contributed by atoms with van der Waals surface area (Å²) in [5.41, 5.74) is 5.00. The summed E-state index contributed by atoms with van der Waals surface area (Å²) in [5, 5.41) is 9.20. The molecule has 0 bridgehead atoms. The van der Waals surface area contributed by atoms with Crippen LogP contribution in [0.3, 0.4) is 0 Å². The van der Waals surface area contributed by atoms with Crippen molar-refractivity contribution in [1.29, 1.82) is 0 Å². The zero-order valence-corrected chi connectivity index (χ0v) is 19.4. The first-order valence-electron chi connectivity index (χ1n) is 11.6. The highest BCUT2D eigenvalue weighted by molar-refractivity contribution is 5.73. The zero-order valence-electron chi connectivity index (χ0n) is 19.4. The topological polar surface area (TPSA) is 63.6 Å². The minimum absolute atomic E-state index is 0.132. The Kier molecular flexibility index (Phi) is 8.93. The van der Waals surface area contributed by atoms with Gasteiger partial charge in [-0.3, -0.25) is 9.59 Å². The van der Waals surface area contributed by atoms with Crippen LogP contribution in [0.2, 0.25) is 0 Å². The van der Waals surface area contributed by atoms with E-state index < -0.39 is 11.4 Å². The number of carbonyl (C=O) groups is 2. The molecule has 30 heavy (non-hydrogen) atoms. The summed E-state index contributed by atoms with van der Waals surface area (Å²) >= 11 is 0. The molecule has 0 saturated heterocycles. The third-order valence-corrected chi connectivity index (χ3v) is 6.94. The van der Waals surface area contributed by atoms with E-state index in [4.69, 9.17) is 4.74 Å². The van der Waals surface area contributed by atoms with Gasteiger partial charge in [-0.15, -0.1) is 0 Å². The molecule has 1 aromatic rings. The summed E-state index contributed by atoms with van der Waals surface area (Å²) in [5.74, 6) is -0.700. The Morgan fingerprint density at radius 3 is 2.37 bits per heavy atom. The summed E-state index contributed by atoms with van der Waals surface area (Å²) < 4.78 is 5.25.